The minimum Gasteiger partial charge on any atom is -0.321 e. The number of amides is 1. The van der Waals surface area contributed by atoms with Crippen molar-refractivity contribution in [3.8, 4) is 0 Å². The molecule has 5 nitrogen and oxygen atoms in total. The van der Waals surface area contributed by atoms with E-state index >= 15 is 0 Å². The van der Waals surface area contributed by atoms with Gasteiger partial charge in [-0.25, -0.2) is 8.42 Å². The number of benzene rings is 3. The average Bonchev–Trinajstić information content (AvgIpc) is 2.80. The summed E-state index contributed by atoms with van der Waals surface area (Å²) >= 11 is 0. The van der Waals surface area contributed by atoms with Gasteiger partial charge in [-0.2, -0.15) is 0 Å². The van der Waals surface area contributed by atoms with Gasteiger partial charge in [-0.15, -0.1) is 0 Å². The van der Waals surface area contributed by atoms with Gasteiger partial charge in [0.1, 0.15) is 0 Å². The quantitative estimate of drug-likeness (QED) is 0.618. The van der Waals surface area contributed by atoms with Crippen molar-refractivity contribution in [2.75, 3.05) is 16.2 Å². The fraction of sp³-hybridized carbons (Fsp3) is 0.240. The number of nitrogens with zero attached hydrogens (tertiary/aromatic N) is 1. The zero-order chi connectivity index (χ0) is 22.0. The highest BCUT2D eigenvalue weighted by molar-refractivity contribution is 7.92. The molecular formula is C25H26N2O3S. The lowest BCUT2D eigenvalue weighted by Crippen LogP contribution is -2.35. The molecule has 0 atom stereocenters. The van der Waals surface area contributed by atoms with E-state index in [1.54, 1.807) is 12.1 Å². The number of rotatable bonds is 5. The molecule has 0 saturated heterocycles. The Kier molecular flexibility index (Phi) is 5.83. The van der Waals surface area contributed by atoms with Gasteiger partial charge in [0.15, 0.2) is 0 Å². The van der Waals surface area contributed by atoms with E-state index in [4.69, 9.17) is 0 Å². The molecule has 0 fully saturated rings. The van der Waals surface area contributed by atoms with Gasteiger partial charge >= 0.3 is 0 Å². The first-order valence-electron chi connectivity index (χ1n) is 10.5. The molecule has 1 N–H and O–H groups in total. The Hall–Kier alpha value is -3.12. The first kappa shape index (κ1) is 21.1. The van der Waals surface area contributed by atoms with Crippen LogP contribution in [0.5, 0.6) is 0 Å². The van der Waals surface area contributed by atoms with Crippen LogP contribution in [0.4, 0.5) is 11.4 Å². The van der Waals surface area contributed by atoms with E-state index < -0.39 is 10.0 Å². The molecule has 0 unspecified atom stereocenters. The highest BCUT2D eigenvalue weighted by Crippen LogP contribution is 2.32. The molecule has 0 bridgehead atoms. The zero-order valence-corrected chi connectivity index (χ0v) is 18.6. The lowest BCUT2D eigenvalue weighted by molar-refractivity contribution is 0.102. The number of carbonyl (C=O) groups is 1. The standard InChI is InChI=1S/C25H26N2O3S/c1-3-19-10-6-8-18(2)24(19)26-25(28)21-13-15-22(16-14-21)31(29,30)27-17-7-11-20-9-4-5-12-23(20)27/h4-6,8-10,12-16H,3,7,11,17H2,1-2H3,(H,26,28). The summed E-state index contributed by atoms with van der Waals surface area (Å²) < 4.78 is 28.0. The number of nitrogens with one attached hydrogen (secondary N) is 1. The molecule has 1 amide bonds. The number of anilines is 2. The van der Waals surface area contributed by atoms with E-state index in [9.17, 15) is 13.2 Å². The van der Waals surface area contributed by atoms with Crippen LogP contribution in [0.25, 0.3) is 0 Å². The lowest BCUT2D eigenvalue weighted by atomic mass is 10.0. The second kappa shape index (κ2) is 8.55. The third-order valence-corrected chi connectivity index (χ3v) is 7.58. The van der Waals surface area contributed by atoms with Gasteiger partial charge in [-0.05, 0) is 73.2 Å². The first-order chi connectivity index (χ1) is 14.9. The third-order valence-electron chi connectivity index (χ3n) is 5.75. The van der Waals surface area contributed by atoms with Crippen LogP contribution in [0.1, 0.15) is 40.4 Å². The summed E-state index contributed by atoms with van der Waals surface area (Å²) in [7, 11) is -3.69. The Bertz CT molecular complexity index is 1220. The van der Waals surface area contributed by atoms with Crippen molar-refractivity contribution in [2.45, 2.75) is 38.0 Å². The molecule has 3 aromatic rings. The topological polar surface area (TPSA) is 66.5 Å². The molecule has 1 aliphatic rings. The van der Waals surface area contributed by atoms with Crippen molar-refractivity contribution in [2.24, 2.45) is 0 Å². The van der Waals surface area contributed by atoms with E-state index in [0.29, 0.717) is 12.1 Å². The summed E-state index contributed by atoms with van der Waals surface area (Å²) in [5.41, 5.74) is 5.08. The molecule has 6 heteroatoms. The van der Waals surface area contributed by atoms with Crippen LogP contribution < -0.4 is 9.62 Å². The van der Waals surface area contributed by atoms with Gasteiger partial charge in [0.2, 0.25) is 0 Å². The maximum Gasteiger partial charge on any atom is 0.264 e. The van der Waals surface area contributed by atoms with Crippen LogP contribution in [0, 0.1) is 6.92 Å². The van der Waals surface area contributed by atoms with Gasteiger partial charge in [0, 0.05) is 17.8 Å². The predicted octanol–water partition coefficient (Wildman–Crippen LogP) is 4.95. The molecule has 0 aromatic heterocycles. The summed E-state index contributed by atoms with van der Waals surface area (Å²) in [6.45, 7) is 4.46. The Balaban J connectivity index is 1.58. The van der Waals surface area contributed by atoms with Crippen molar-refractivity contribution in [3.05, 3.63) is 89.0 Å². The highest BCUT2D eigenvalue weighted by Gasteiger charge is 2.29. The van der Waals surface area contributed by atoms with Crippen LogP contribution in [0.3, 0.4) is 0 Å². The van der Waals surface area contributed by atoms with Crippen LogP contribution in [-0.2, 0) is 22.9 Å². The zero-order valence-electron chi connectivity index (χ0n) is 17.8. The lowest BCUT2D eigenvalue weighted by Gasteiger charge is -2.30. The Morgan fingerprint density at radius 2 is 1.74 bits per heavy atom. The van der Waals surface area contributed by atoms with Gasteiger partial charge in [-0.1, -0.05) is 43.3 Å². The predicted molar refractivity (Wildman–Crippen MR) is 124 cm³/mol. The Morgan fingerprint density at radius 1 is 1.00 bits per heavy atom. The Morgan fingerprint density at radius 3 is 2.48 bits per heavy atom. The maximum absolute atomic E-state index is 13.3. The number of hydrogen-bond donors (Lipinski definition) is 1. The molecule has 160 valence electrons. The molecule has 4 rings (SSSR count). The molecule has 1 aliphatic heterocycles. The van der Waals surface area contributed by atoms with Gasteiger partial charge < -0.3 is 5.32 Å². The first-order valence-corrected chi connectivity index (χ1v) is 12.0. The summed E-state index contributed by atoms with van der Waals surface area (Å²) in [5.74, 6) is -0.253. The van der Waals surface area contributed by atoms with Crippen molar-refractivity contribution in [3.63, 3.8) is 0 Å². The van der Waals surface area contributed by atoms with Gasteiger partial charge in [0.05, 0.1) is 10.6 Å². The molecule has 0 spiro atoms. The van der Waals surface area contributed by atoms with E-state index in [2.05, 4.69) is 5.32 Å². The van der Waals surface area contributed by atoms with Crippen LogP contribution in [0.2, 0.25) is 0 Å². The molecule has 0 aliphatic carbocycles. The number of para-hydroxylation sites is 2. The maximum atomic E-state index is 13.3. The summed E-state index contributed by atoms with van der Waals surface area (Å²) in [6.07, 6.45) is 2.47. The van der Waals surface area contributed by atoms with Crippen LogP contribution >= 0.6 is 0 Å². The van der Waals surface area contributed by atoms with E-state index in [0.717, 1.165) is 47.3 Å². The second-order valence-corrected chi connectivity index (χ2v) is 9.61. The van der Waals surface area contributed by atoms with Crippen LogP contribution in [0.15, 0.2) is 71.6 Å². The number of sulfonamides is 1. The van der Waals surface area contributed by atoms with Crippen LogP contribution in [-0.4, -0.2) is 20.9 Å². The molecular weight excluding hydrogens is 408 g/mol. The number of carbonyl (C=O) groups excluding carboxylic acids is 1. The third kappa shape index (κ3) is 4.08. The minimum atomic E-state index is -3.69. The van der Waals surface area contributed by atoms with Crippen molar-refractivity contribution >= 4 is 27.3 Å². The molecule has 1 heterocycles. The summed E-state index contributed by atoms with van der Waals surface area (Å²) in [4.78, 5) is 13.0. The molecule has 3 aromatic carbocycles. The second-order valence-electron chi connectivity index (χ2n) is 7.75. The Labute approximate surface area is 183 Å². The summed E-state index contributed by atoms with van der Waals surface area (Å²) in [5, 5.41) is 2.98. The SMILES string of the molecule is CCc1cccc(C)c1NC(=O)c1ccc(S(=O)(=O)N2CCCc3ccccc32)cc1. The molecule has 0 radical (unpaired) electrons. The van der Waals surface area contributed by atoms with Crippen molar-refractivity contribution in [1.82, 2.24) is 0 Å². The highest BCUT2D eigenvalue weighted by atomic mass is 32.2. The monoisotopic (exact) mass is 434 g/mol. The fourth-order valence-electron chi connectivity index (χ4n) is 4.04. The summed E-state index contributed by atoms with van der Waals surface area (Å²) in [6, 6.07) is 19.7. The van der Waals surface area contributed by atoms with E-state index in [1.165, 1.54) is 16.4 Å². The fourth-order valence-corrected chi connectivity index (χ4v) is 5.58. The van der Waals surface area contributed by atoms with Gasteiger partial charge in [-0.3, -0.25) is 9.10 Å². The van der Waals surface area contributed by atoms with Gasteiger partial charge in [0.25, 0.3) is 15.9 Å². The van der Waals surface area contributed by atoms with Crippen molar-refractivity contribution < 1.29 is 13.2 Å². The van der Waals surface area contributed by atoms with E-state index in [-0.39, 0.29) is 10.8 Å². The van der Waals surface area contributed by atoms with E-state index in [1.807, 2.05) is 56.3 Å². The van der Waals surface area contributed by atoms with Crippen molar-refractivity contribution in [1.29, 1.82) is 0 Å². The normalized spacial score (nSPS) is 13.5. The number of aryl methyl sites for hydroxylation is 3. The molecule has 0 saturated carbocycles. The smallest absolute Gasteiger partial charge is 0.264 e. The largest absolute Gasteiger partial charge is 0.321 e. The minimum absolute atomic E-state index is 0.186. The average molecular weight is 435 g/mol. The number of hydrogen-bond acceptors (Lipinski definition) is 3. The number of fused-ring (bicyclic) bond motifs is 1. The molecule has 31 heavy (non-hydrogen) atoms.